The third kappa shape index (κ3) is 7.01. The molecule has 0 spiro atoms. The van der Waals surface area contributed by atoms with Crippen molar-refractivity contribution in [2.75, 3.05) is 0 Å². The van der Waals surface area contributed by atoms with Crippen molar-refractivity contribution in [1.29, 1.82) is 0 Å². The van der Waals surface area contributed by atoms with Crippen LogP contribution in [0.25, 0.3) is 17.2 Å². The molecule has 4 aromatic rings. The minimum absolute atomic E-state index is 0. The van der Waals surface area contributed by atoms with Gasteiger partial charge >= 0.3 is 7.12 Å². The molecule has 4 nitrogen and oxygen atoms in total. The Morgan fingerprint density at radius 3 is 1.70 bits per heavy atom. The predicted molar refractivity (Wildman–Crippen MR) is 123 cm³/mol. The maximum absolute atomic E-state index is 9.34. The van der Waals surface area contributed by atoms with E-state index < -0.39 is 7.12 Å². The summed E-state index contributed by atoms with van der Waals surface area (Å²) in [5.41, 5.74) is 6.22. The van der Waals surface area contributed by atoms with Crippen LogP contribution in [-0.4, -0.2) is 17.2 Å². The first-order chi connectivity index (χ1) is 15.1. The summed E-state index contributed by atoms with van der Waals surface area (Å²) in [5, 5.41) is 18.7. The van der Waals surface area contributed by atoms with Gasteiger partial charge in [0.15, 0.2) is 37.9 Å². The van der Waals surface area contributed by atoms with Gasteiger partial charge in [0.1, 0.15) is 0 Å². The Hall–Kier alpha value is -2.96. The summed E-state index contributed by atoms with van der Waals surface area (Å²) < 4.78 is 4.24. The van der Waals surface area contributed by atoms with E-state index in [0.29, 0.717) is 12.0 Å². The Bertz CT molecular complexity index is 1170. The van der Waals surface area contributed by atoms with Crippen molar-refractivity contribution in [2.24, 2.45) is 0 Å². The molecule has 0 atom stereocenters. The topological polar surface area (TPSA) is 48.2 Å². The van der Waals surface area contributed by atoms with Crippen LogP contribution in [0.3, 0.4) is 0 Å². The van der Waals surface area contributed by atoms with Crippen molar-refractivity contribution in [3.05, 3.63) is 121 Å². The lowest BCUT2D eigenvalue weighted by atomic mass is 9.79. The smallest absolute Gasteiger partial charge is 0.488 e. The predicted octanol–water partition coefficient (Wildman–Crippen LogP) is -3.64. The first-order valence-electron chi connectivity index (χ1n) is 10.3. The van der Waals surface area contributed by atoms with Crippen molar-refractivity contribution in [2.45, 2.75) is 13.1 Å². The van der Waals surface area contributed by atoms with Gasteiger partial charge < -0.3 is 34.9 Å². The molecule has 33 heavy (non-hydrogen) atoms. The second kappa shape index (κ2) is 12.3. The molecule has 0 amide bonds. The number of halogens is 2. The van der Waals surface area contributed by atoms with E-state index in [0.717, 1.165) is 28.8 Å². The minimum atomic E-state index is -1.44. The van der Waals surface area contributed by atoms with Crippen molar-refractivity contribution in [3.63, 3.8) is 0 Å². The number of rotatable bonds is 7. The summed E-state index contributed by atoms with van der Waals surface area (Å²) in [5.74, 6) is 0. The summed E-state index contributed by atoms with van der Waals surface area (Å²) in [6.07, 6.45) is 10.1. The van der Waals surface area contributed by atoms with E-state index in [-0.39, 0.29) is 24.8 Å². The van der Waals surface area contributed by atoms with Gasteiger partial charge in [-0.2, -0.15) is 0 Å². The number of hydrogen-bond acceptors (Lipinski definition) is 2. The second-order valence-electron chi connectivity index (χ2n) is 7.58. The fourth-order valence-corrected chi connectivity index (χ4v) is 3.54. The zero-order valence-corrected chi connectivity index (χ0v) is 19.6. The molecule has 0 saturated heterocycles. The summed E-state index contributed by atoms with van der Waals surface area (Å²) in [7, 11) is -1.44. The summed E-state index contributed by atoms with van der Waals surface area (Å²) in [4.78, 5) is 0. The van der Waals surface area contributed by atoms with Crippen LogP contribution in [0.4, 0.5) is 0 Å². The first-order valence-corrected chi connectivity index (χ1v) is 10.3. The van der Waals surface area contributed by atoms with E-state index in [2.05, 4.69) is 76.6 Å². The number of nitrogens with zero attached hydrogens (tertiary/aromatic N) is 2. The maximum Gasteiger partial charge on any atom is 0.488 e. The van der Waals surface area contributed by atoms with Crippen LogP contribution < -0.4 is 39.4 Å². The summed E-state index contributed by atoms with van der Waals surface area (Å²) in [6.45, 7) is 5.29. The van der Waals surface area contributed by atoms with Crippen molar-refractivity contribution < 1.29 is 44.0 Å². The zero-order valence-electron chi connectivity index (χ0n) is 18.1. The summed E-state index contributed by atoms with van der Waals surface area (Å²) >= 11 is 0. The first kappa shape index (κ1) is 26.3. The standard InChI is InChI=1S/C26H25BN2O2.2ClH/c1-2-21-6-8-22(9-7-21)19-28-14-10-24(11-15-28)25-12-16-29(17-13-25)20-23-4-3-5-26(18-23)27(30)31;;/h2-18,30-31H,1,19-20H2;2*1H/q+2;;/p-2. The molecule has 0 aliphatic heterocycles. The van der Waals surface area contributed by atoms with Gasteiger partial charge in [-0.3, -0.25) is 0 Å². The Labute approximate surface area is 207 Å². The maximum atomic E-state index is 9.34. The zero-order chi connectivity index (χ0) is 21.6. The van der Waals surface area contributed by atoms with Crippen LogP contribution in [0.2, 0.25) is 0 Å². The molecule has 0 fully saturated rings. The molecule has 0 saturated carbocycles. The molecule has 0 bridgehead atoms. The molecular weight excluding hydrogens is 454 g/mol. The average molecular weight is 479 g/mol. The minimum Gasteiger partial charge on any atom is -1.00 e. The molecule has 168 valence electrons. The van der Waals surface area contributed by atoms with Crippen LogP contribution in [0.5, 0.6) is 0 Å². The van der Waals surface area contributed by atoms with Crippen LogP contribution in [0, 0.1) is 0 Å². The molecule has 2 N–H and O–H groups in total. The summed E-state index contributed by atoms with van der Waals surface area (Å²) in [6, 6.07) is 24.2. The number of aromatic nitrogens is 2. The molecule has 0 radical (unpaired) electrons. The molecule has 0 unspecified atom stereocenters. The van der Waals surface area contributed by atoms with E-state index in [4.69, 9.17) is 0 Å². The third-order valence-corrected chi connectivity index (χ3v) is 5.31. The molecule has 7 heteroatoms. The molecular formula is C26H25BCl2N2O2. The van der Waals surface area contributed by atoms with Crippen LogP contribution >= 0.6 is 0 Å². The van der Waals surface area contributed by atoms with Gasteiger partial charge in [-0.05, 0) is 22.2 Å². The van der Waals surface area contributed by atoms with E-state index in [1.165, 1.54) is 5.56 Å². The largest absolute Gasteiger partial charge is 1.00 e. The number of benzene rings is 2. The van der Waals surface area contributed by atoms with Gasteiger partial charge in [0, 0.05) is 35.4 Å². The van der Waals surface area contributed by atoms with Gasteiger partial charge in [-0.25, -0.2) is 9.13 Å². The molecule has 2 aromatic carbocycles. The SMILES string of the molecule is C=Cc1ccc(C[n+]2ccc(-c3cc[n+](Cc4cccc(B(O)O)c4)cc3)cc2)cc1.[Cl-].[Cl-]. The van der Waals surface area contributed by atoms with Gasteiger partial charge in [0.2, 0.25) is 0 Å². The molecule has 2 heterocycles. The highest BCUT2D eigenvalue weighted by Crippen LogP contribution is 2.16. The highest BCUT2D eigenvalue weighted by atomic mass is 35.5. The molecule has 2 aromatic heterocycles. The third-order valence-electron chi connectivity index (χ3n) is 5.31. The lowest BCUT2D eigenvalue weighted by Crippen LogP contribution is -3.00. The van der Waals surface area contributed by atoms with Crippen LogP contribution in [0.15, 0.2) is 104 Å². The highest BCUT2D eigenvalue weighted by Gasteiger charge is 2.12. The Morgan fingerprint density at radius 2 is 1.21 bits per heavy atom. The van der Waals surface area contributed by atoms with E-state index in [1.54, 1.807) is 6.07 Å². The van der Waals surface area contributed by atoms with Crippen molar-refractivity contribution >= 4 is 18.7 Å². The van der Waals surface area contributed by atoms with Gasteiger partial charge in [0.25, 0.3) is 0 Å². The lowest BCUT2D eigenvalue weighted by Gasteiger charge is -2.04. The van der Waals surface area contributed by atoms with Crippen molar-refractivity contribution in [1.82, 2.24) is 0 Å². The van der Waals surface area contributed by atoms with Crippen LogP contribution in [-0.2, 0) is 13.1 Å². The second-order valence-corrected chi connectivity index (χ2v) is 7.58. The Morgan fingerprint density at radius 1 is 0.697 bits per heavy atom. The monoisotopic (exact) mass is 478 g/mol. The highest BCUT2D eigenvalue weighted by molar-refractivity contribution is 6.58. The average Bonchev–Trinajstić information content (AvgIpc) is 2.81. The number of pyridine rings is 2. The quantitative estimate of drug-likeness (QED) is 0.213. The normalized spacial score (nSPS) is 10.0. The van der Waals surface area contributed by atoms with Gasteiger partial charge in [-0.1, -0.05) is 61.2 Å². The molecule has 0 aliphatic carbocycles. The van der Waals surface area contributed by atoms with E-state index >= 15 is 0 Å². The van der Waals surface area contributed by atoms with E-state index in [9.17, 15) is 10.0 Å². The van der Waals surface area contributed by atoms with Gasteiger partial charge in [0.05, 0.1) is 0 Å². The Balaban J connectivity index is 0.00000193. The fourth-order valence-electron chi connectivity index (χ4n) is 3.54. The lowest BCUT2D eigenvalue weighted by molar-refractivity contribution is -0.688. The fraction of sp³-hybridized carbons (Fsp3) is 0.0769. The van der Waals surface area contributed by atoms with E-state index in [1.807, 2.05) is 36.7 Å². The molecule has 0 aliphatic rings. The number of hydrogen-bond donors (Lipinski definition) is 2. The Kier molecular flexibility index (Phi) is 9.83. The van der Waals surface area contributed by atoms with Crippen LogP contribution in [0.1, 0.15) is 16.7 Å². The molecule has 4 rings (SSSR count). The van der Waals surface area contributed by atoms with Gasteiger partial charge in [-0.15, -0.1) is 0 Å². The van der Waals surface area contributed by atoms with Crippen molar-refractivity contribution in [3.8, 4) is 11.1 Å².